The molecule has 0 saturated carbocycles. The molecule has 1 fully saturated rings. The summed E-state index contributed by atoms with van der Waals surface area (Å²) in [6, 6.07) is 1.97. The monoisotopic (exact) mass is 599 g/mol. The van der Waals surface area contributed by atoms with Crippen LogP contribution >= 0.6 is 27.3 Å². The van der Waals surface area contributed by atoms with Crippen molar-refractivity contribution < 1.29 is 27.5 Å². The van der Waals surface area contributed by atoms with Crippen molar-refractivity contribution in [3.63, 3.8) is 0 Å². The zero-order valence-corrected chi connectivity index (χ0v) is 22.7. The fraction of sp³-hybridized carbons (Fsp3) is 0.417. The number of ether oxygens (including phenoxy) is 1. The van der Waals surface area contributed by atoms with Gasteiger partial charge in [0, 0.05) is 48.8 Å². The van der Waals surface area contributed by atoms with E-state index in [0.717, 1.165) is 0 Å². The third-order valence-corrected chi connectivity index (χ3v) is 7.43. The van der Waals surface area contributed by atoms with Crippen LogP contribution in [0.1, 0.15) is 30.0 Å². The molecule has 3 heterocycles. The van der Waals surface area contributed by atoms with E-state index >= 15 is 0 Å². The van der Waals surface area contributed by atoms with Crippen molar-refractivity contribution >= 4 is 45.0 Å². The van der Waals surface area contributed by atoms with Crippen molar-refractivity contribution in [3.8, 4) is 0 Å². The number of amidine groups is 1. The predicted octanol–water partition coefficient (Wildman–Crippen LogP) is 3.75. The highest BCUT2D eigenvalue weighted by atomic mass is 79.9. The minimum absolute atomic E-state index is 0.0689. The number of carbonyl (C=O) groups is 2. The van der Waals surface area contributed by atoms with Crippen molar-refractivity contribution in [2.24, 2.45) is 4.99 Å². The quantitative estimate of drug-likeness (QED) is 0.488. The highest BCUT2D eigenvalue weighted by molar-refractivity contribution is 9.10. The van der Waals surface area contributed by atoms with E-state index in [2.05, 4.69) is 26.2 Å². The van der Waals surface area contributed by atoms with Crippen LogP contribution in [0.3, 0.4) is 0 Å². The largest absolute Gasteiger partial charge is 0.463 e. The van der Waals surface area contributed by atoms with Crippen LogP contribution < -0.4 is 5.32 Å². The summed E-state index contributed by atoms with van der Waals surface area (Å²) < 4.78 is 48.6. The Bertz CT molecular complexity index is 1250. The second kappa shape index (κ2) is 10.9. The van der Waals surface area contributed by atoms with Gasteiger partial charge in [0.05, 0.1) is 24.8 Å². The molecule has 0 aliphatic carbocycles. The first kappa shape index (κ1) is 27.3. The maximum Gasteiger partial charge on any atom is 0.338 e. The maximum atomic E-state index is 14.5. The molecule has 13 heteroatoms. The second-order valence-corrected chi connectivity index (χ2v) is 10.6. The normalized spacial score (nSPS) is 21.4. The molecular weight excluding hydrogens is 575 g/mol. The van der Waals surface area contributed by atoms with Gasteiger partial charge in [0.1, 0.15) is 11.9 Å². The molecule has 1 aromatic heterocycles. The fourth-order valence-corrected chi connectivity index (χ4v) is 5.52. The summed E-state index contributed by atoms with van der Waals surface area (Å²) in [6.45, 7) is 0.884. The molecule has 2 aliphatic rings. The lowest BCUT2D eigenvalue weighted by atomic mass is 9.95. The number of benzene rings is 1. The summed E-state index contributed by atoms with van der Waals surface area (Å²) in [5, 5.41) is 5.35. The third kappa shape index (κ3) is 5.88. The van der Waals surface area contributed by atoms with E-state index < -0.39 is 48.7 Å². The lowest BCUT2D eigenvalue weighted by molar-refractivity contribution is -0.139. The highest BCUT2D eigenvalue weighted by Crippen LogP contribution is 2.39. The molecule has 198 valence electrons. The van der Waals surface area contributed by atoms with Crippen molar-refractivity contribution in [2.45, 2.75) is 31.4 Å². The van der Waals surface area contributed by atoms with Gasteiger partial charge in [-0.15, -0.1) is 11.3 Å². The zero-order valence-electron chi connectivity index (χ0n) is 20.3. The Morgan fingerprint density at radius 2 is 2.11 bits per heavy atom. The first-order chi connectivity index (χ1) is 17.5. The number of nitrogens with zero attached hydrogens (tertiary/aromatic N) is 4. The van der Waals surface area contributed by atoms with Gasteiger partial charge in [-0.1, -0.05) is 22.0 Å². The van der Waals surface area contributed by atoms with Crippen LogP contribution in [-0.2, 0) is 14.3 Å². The summed E-state index contributed by atoms with van der Waals surface area (Å²) in [5.41, 5.74) is 0.819. The molecule has 0 unspecified atom stereocenters. The number of likely N-dealkylation sites (tertiary alicyclic amines) is 1. The lowest BCUT2D eigenvalue weighted by Gasteiger charge is -2.31. The van der Waals surface area contributed by atoms with Crippen molar-refractivity contribution in [2.75, 3.05) is 33.8 Å². The molecule has 8 nitrogen and oxygen atoms in total. The van der Waals surface area contributed by atoms with Crippen LogP contribution in [0.5, 0.6) is 0 Å². The van der Waals surface area contributed by atoms with Gasteiger partial charge in [0.25, 0.3) is 5.92 Å². The van der Waals surface area contributed by atoms with Gasteiger partial charge in [-0.25, -0.2) is 22.9 Å². The van der Waals surface area contributed by atoms with Crippen molar-refractivity contribution in [1.29, 1.82) is 0 Å². The minimum Gasteiger partial charge on any atom is -0.463 e. The molecule has 4 rings (SSSR count). The Morgan fingerprint density at radius 1 is 1.35 bits per heavy atom. The molecule has 0 bridgehead atoms. The maximum absolute atomic E-state index is 14.5. The van der Waals surface area contributed by atoms with Gasteiger partial charge in [0.15, 0.2) is 10.8 Å². The topological polar surface area (TPSA) is 87.1 Å². The smallest absolute Gasteiger partial charge is 0.338 e. The summed E-state index contributed by atoms with van der Waals surface area (Å²) in [4.78, 5) is 37.6. The molecule has 2 aliphatic heterocycles. The number of aromatic nitrogens is 1. The predicted molar refractivity (Wildman–Crippen MR) is 136 cm³/mol. The van der Waals surface area contributed by atoms with Crippen molar-refractivity contribution in [1.82, 2.24) is 20.1 Å². The van der Waals surface area contributed by atoms with Crippen LogP contribution in [0.25, 0.3) is 0 Å². The van der Waals surface area contributed by atoms with E-state index in [0.29, 0.717) is 20.9 Å². The number of halogens is 4. The van der Waals surface area contributed by atoms with E-state index in [1.807, 2.05) is 0 Å². The third-order valence-electron chi connectivity index (χ3n) is 5.97. The Morgan fingerprint density at radius 3 is 2.73 bits per heavy atom. The Balaban J connectivity index is 1.84. The van der Waals surface area contributed by atoms with E-state index in [9.17, 15) is 22.8 Å². The van der Waals surface area contributed by atoms with Crippen LogP contribution in [0, 0.1) is 5.82 Å². The number of aliphatic imine (C=N–C) groups is 1. The van der Waals surface area contributed by atoms with Crippen LogP contribution in [-0.4, -0.2) is 78.3 Å². The molecule has 1 aromatic carbocycles. The van der Waals surface area contributed by atoms with Gasteiger partial charge in [0.2, 0.25) is 5.91 Å². The Labute approximate surface area is 224 Å². The molecule has 2 atom stereocenters. The number of likely N-dealkylation sites (N-methyl/N-ethyl adjacent to an activating group) is 1. The minimum atomic E-state index is -3.08. The molecule has 0 spiro atoms. The summed E-state index contributed by atoms with van der Waals surface area (Å²) in [7, 11) is 3.02. The summed E-state index contributed by atoms with van der Waals surface area (Å²) in [5.74, 6) is -4.41. The van der Waals surface area contributed by atoms with E-state index in [4.69, 9.17) is 9.73 Å². The first-order valence-corrected chi connectivity index (χ1v) is 13.1. The van der Waals surface area contributed by atoms with Crippen LogP contribution in [0.15, 0.2) is 50.5 Å². The van der Waals surface area contributed by atoms with Crippen molar-refractivity contribution in [3.05, 3.63) is 61.9 Å². The number of esters is 1. The zero-order chi connectivity index (χ0) is 26.9. The Hall–Kier alpha value is -2.77. The lowest BCUT2D eigenvalue weighted by Crippen LogP contribution is -2.46. The number of amides is 1. The van der Waals surface area contributed by atoms with Gasteiger partial charge in [-0.3, -0.25) is 14.7 Å². The molecule has 1 amide bonds. The van der Waals surface area contributed by atoms with Gasteiger partial charge in [-0.2, -0.15) is 0 Å². The number of carbonyl (C=O) groups excluding carboxylic acids is 2. The highest BCUT2D eigenvalue weighted by Gasteiger charge is 2.49. The molecular formula is C24H25BrF3N5O3S. The SMILES string of the molecule is CCOC(=O)C1=C(CN2CC(F)(F)C[C@H]2C(=O)N(C)C)NC(c2nccs2)=N[C@H]1c1ccc(F)cc1Br. The average molecular weight is 600 g/mol. The first-order valence-electron chi connectivity index (χ1n) is 11.4. The number of alkyl halides is 2. The van der Waals surface area contributed by atoms with Gasteiger partial charge in [-0.05, 0) is 24.6 Å². The second-order valence-electron chi connectivity index (χ2n) is 8.83. The van der Waals surface area contributed by atoms with Gasteiger partial charge < -0.3 is 15.0 Å². The summed E-state index contributed by atoms with van der Waals surface area (Å²) in [6.07, 6.45) is 0.955. The number of hydrogen-bond acceptors (Lipinski definition) is 8. The molecule has 0 radical (unpaired) electrons. The van der Waals surface area contributed by atoms with E-state index in [-0.39, 0.29) is 24.4 Å². The number of nitrogens with one attached hydrogen (secondary N) is 1. The van der Waals surface area contributed by atoms with Crippen LogP contribution in [0.2, 0.25) is 0 Å². The number of hydrogen-bond donors (Lipinski definition) is 1. The fourth-order valence-electron chi connectivity index (χ4n) is 4.36. The Kier molecular flexibility index (Phi) is 8.05. The molecule has 1 saturated heterocycles. The summed E-state index contributed by atoms with van der Waals surface area (Å²) >= 11 is 4.66. The average Bonchev–Trinajstić information content (AvgIpc) is 3.46. The van der Waals surface area contributed by atoms with E-state index in [1.165, 1.54) is 53.4 Å². The standard InChI is InChI=1S/C24H25BrF3N5O3S/c1-4-36-23(35)18-16(11-33-12-24(27,28)10-17(33)22(34)32(2)3)30-20(21-29-7-8-37-21)31-19(18)14-6-5-13(26)9-15(14)25/h5-9,17,19H,4,10-12H2,1-3H3,(H,30,31)/t17-,19-/m0/s1. The molecule has 1 N–H and O–H groups in total. The molecule has 37 heavy (non-hydrogen) atoms. The van der Waals surface area contributed by atoms with Gasteiger partial charge >= 0.3 is 5.97 Å². The van der Waals surface area contributed by atoms with E-state index in [1.54, 1.807) is 18.5 Å². The number of thiazole rings is 1. The van der Waals surface area contributed by atoms with Crippen LogP contribution in [0.4, 0.5) is 13.2 Å². The molecule has 2 aromatic rings. The number of rotatable bonds is 7.